The highest BCUT2D eigenvalue weighted by Crippen LogP contribution is 2.18. The molecule has 0 fully saturated rings. The highest BCUT2D eigenvalue weighted by molar-refractivity contribution is 5.45. The van der Waals surface area contributed by atoms with Gasteiger partial charge in [0.05, 0.1) is 12.7 Å². The van der Waals surface area contributed by atoms with Gasteiger partial charge in [-0.15, -0.1) is 0 Å². The molecule has 19 heavy (non-hydrogen) atoms. The van der Waals surface area contributed by atoms with Gasteiger partial charge in [-0.2, -0.15) is 5.26 Å². The first-order chi connectivity index (χ1) is 9.08. The molecule has 0 aliphatic rings. The molecular weight excluding hydrogens is 238 g/mol. The second kappa shape index (κ2) is 7.78. The van der Waals surface area contributed by atoms with Crippen LogP contribution in [0.1, 0.15) is 25.0 Å². The second-order valence-electron chi connectivity index (χ2n) is 4.90. The summed E-state index contributed by atoms with van der Waals surface area (Å²) in [5.41, 5.74) is 1.70. The Morgan fingerprint density at radius 2 is 2.16 bits per heavy atom. The van der Waals surface area contributed by atoms with Crippen LogP contribution in [-0.2, 0) is 6.54 Å². The number of ether oxygens (including phenoxy) is 1. The van der Waals surface area contributed by atoms with Gasteiger partial charge in [0.15, 0.2) is 0 Å². The normalized spacial score (nSPS) is 10.8. The molecule has 0 aliphatic carbocycles. The number of nitrogens with one attached hydrogen (secondary N) is 1. The molecular formula is C15H23N3O. The minimum atomic E-state index is 0.566. The monoisotopic (exact) mass is 261 g/mol. The summed E-state index contributed by atoms with van der Waals surface area (Å²) in [4.78, 5) is 2.30. The van der Waals surface area contributed by atoms with Crippen LogP contribution in [0, 0.1) is 11.3 Å². The summed E-state index contributed by atoms with van der Waals surface area (Å²) >= 11 is 0. The van der Waals surface area contributed by atoms with Crippen LogP contribution in [0.15, 0.2) is 18.2 Å². The number of benzene rings is 1. The first-order valence-corrected chi connectivity index (χ1v) is 6.56. The lowest BCUT2D eigenvalue weighted by atomic mass is 10.1. The lowest BCUT2D eigenvalue weighted by molar-refractivity contribution is 0.273. The van der Waals surface area contributed by atoms with E-state index < -0.39 is 0 Å². The van der Waals surface area contributed by atoms with Crippen molar-refractivity contribution in [3.05, 3.63) is 29.3 Å². The van der Waals surface area contributed by atoms with Gasteiger partial charge in [0.25, 0.3) is 0 Å². The Hall–Kier alpha value is -1.57. The third-order valence-corrected chi connectivity index (χ3v) is 3.24. The Bertz CT molecular complexity index is 438. The van der Waals surface area contributed by atoms with Crippen molar-refractivity contribution in [3.63, 3.8) is 0 Å². The molecule has 1 rings (SSSR count). The number of nitrogens with zero attached hydrogens (tertiary/aromatic N) is 2. The van der Waals surface area contributed by atoms with Gasteiger partial charge >= 0.3 is 0 Å². The summed E-state index contributed by atoms with van der Waals surface area (Å²) in [6.45, 7) is 7.12. The first kappa shape index (κ1) is 15.5. The summed E-state index contributed by atoms with van der Waals surface area (Å²) in [6, 6.07) is 8.36. The van der Waals surface area contributed by atoms with Gasteiger partial charge in [-0.1, -0.05) is 6.07 Å². The van der Waals surface area contributed by atoms with Crippen LogP contribution in [0.3, 0.4) is 0 Å². The zero-order valence-corrected chi connectivity index (χ0v) is 12.2. The molecule has 0 aliphatic heterocycles. The van der Waals surface area contributed by atoms with Crippen LogP contribution >= 0.6 is 0 Å². The fourth-order valence-electron chi connectivity index (χ4n) is 1.68. The molecule has 0 heterocycles. The van der Waals surface area contributed by atoms with Gasteiger partial charge < -0.3 is 15.0 Å². The van der Waals surface area contributed by atoms with Gasteiger partial charge in [0, 0.05) is 25.7 Å². The van der Waals surface area contributed by atoms with E-state index in [1.54, 1.807) is 13.2 Å². The van der Waals surface area contributed by atoms with Crippen molar-refractivity contribution < 1.29 is 4.74 Å². The molecule has 4 heteroatoms. The smallest absolute Gasteiger partial charge is 0.136 e. The summed E-state index contributed by atoms with van der Waals surface area (Å²) in [5, 5.41) is 12.3. The minimum Gasteiger partial charge on any atom is -0.495 e. The Balaban J connectivity index is 2.44. The zero-order chi connectivity index (χ0) is 14.3. The molecule has 1 aromatic rings. The summed E-state index contributed by atoms with van der Waals surface area (Å²) in [7, 11) is 3.71. The van der Waals surface area contributed by atoms with Crippen molar-refractivity contribution in [2.45, 2.75) is 26.4 Å². The number of methoxy groups -OCH3 is 1. The Morgan fingerprint density at radius 1 is 1.42 bits per heavy atom. The Kier molecular flexibility index (Phi) is 6.34. The van der Waals surface area contributed by atoms with Gasteiger partial charge in [0.1, 0.15) is 11.8 Å². The first-order valence-electron chi connectivity index (χ1n) is 6.56. The van der Waals surface area contributed by atoms with Crippen LogP contribution in [0.2, 0.25) is 0 Å². The summed E-state index contributed by atoms with van der Waals surface area (Å²) in [6.07, 6.45) is 0. The van der Waals surface area contributed by atoms with Crippen LogP contribution < -0.4 is 10.1 Å². The lowest BCUT2D eigenvalue weighted by Crippen LogP contribution is -2.33. The van der Waals surface area contributed by atoms with E-state index in [-0.39, 0.29) is 0 Å². The van der Waals surface area contributed by atoms with Crippen molar-refractivity contribution in [3.8, 4) is 11.8 Å². The molecule has 0 atom stereocenters. The molecule has 104 valence electrons. The molecule has 0 unspecified atom stereocenters. The van der Waals surface area contributed by atoms with E-state index in [2.05, 4.69) is 37.2 Å². The average molecular weight is 261 g/mol. The minimum absolute atomic E-state index is 0.566. The number of rotatable bonds is 7. The van der Waals surface area contributed by atoms with E-state index in [9.17, 15) is 0 Å². The van der Waals surface area contributed by atoms with Crippen LogP contribution in [0.25, 0.3) is 0 Å². The molecule has 0 amide bonds. The molecule has 0 radical (unpaired) electrons. The highest BCUT2D eigenvalue weighted by atomic mass is 16.5. The van der Waals surface area contributed by atoms with E-state index >= 15 is 0 Å². The number of likely N-dealkylation sites (N-methyl/N-ethyl adjacent to an activating group) is 1. The second-order valence-corrected chi connectivity index (χ2v) is 4.90. The standard InChI is InChI=1S/C15H23N3O/c1-12(2)18(3)8-7-17-11-13-5-6-14(10-16)15(9-13)19-4/h5-6,9,12,17H,7-8,11H2,1-4H3. The number of nitriles is 1. The Morgan fingerprint density at radius 3 is 2.74 bits per heavy atom. The number of hydrogen-bond donors (Lipinski definition) is 1. The van der Waals surface area contributed by atoms with E-state index in [1.165, 1.54) is 0 Å². The molecule has 0 aromatic heterocycles. The van der Waals surface area contributed by atoms with E-state index in [1.807, 2.05) is 12.1 Å². The molecule has 4 nitrogen and oxygen atoms in total. The van der Waals surface area contributed by atoms with Gasteiger partial charge in [-0.3, -0.25) is 0 Å². The van der Waals surface area contributed by atoms with Crippen molar-refractivity contribution in [2.24, 2.45) is 0 Å². The molecule has 0 saturated heterocycles. The third kappa shape index (κ3) is 4.90. The quantitative estimate of drug-likeness (QED) is 0.763. The van der Waals surface area contributed by atoms with E-state index in [4.69, 9.17) is 10.00 Å². The average Bonchev–Trinajstić information content (AvgIpc) is 2.42. The van der Waals surface area contributed by atoms with Crippen LogP contribution in [0.5, 0.6) is 5.75 Å². The maximum absolute atomic E-state index is 8.92. The maximum Gasteiger partial charge on any atom is 0.136 e. The van der Waals surface area contributed by atoms with Crippen LogP contribution in [-0.4, -0.2) is 38.2 Å². The predicted octanol–water partition coefficient (Wildman–Crippen LogP) is 2.00. The lowest BCUT2D eigenvalue weighted by Gasteiger charge is -2.21. The topological polar surface area (TPSA) is 48.3 Å². The molecule has 1 N–H and O–H groups in total. The molecule has 1 aromatic carbocycles. The molecule has 0 saturated carbocycles. The largest absolute Gasteiger partial charge is 0.495 e. The van der Waals surface area contributed by atoms with Crippen LogP contribution in [0.4, 0.5) is 0 Å². The van der Waals surface area contributed by atoms with Crippen molar-refractivity contribution >= 4 is 0 Å². The molecule has 0 bridgehead atoms. The SMILES string of the molecule is COc1cc(CNCCN(C)C(C)C)ccc1C#N. The van der Waals surface area contributed by atoms with E-state index in [0.29, 0.717) is 17.4 Å². The molecule has 0 spiro atoms. The predicted molar refractivity (Wildman–Crippen MR) is 77.2 cm³/mol. The van der Waals surface area contributed by atoms with Gasteiger partial charge in [-0.05, 0) is 38.6 Å². The number of hydrogen-bond acceptors (Lipinski definition) is 4. The fraction of sp³-hybridized carbons (Fsp3) is 0.533. The maximum atomic E-state index is 8.92. The zero-order valence-electron chi connectivity index (χ0n) is 12.2. The third-order valence-electron chi connectivity index (χ3n) is 3.24. The fourth-order valence-corrected chi connectivity index (χ4v) is 1.68. The summed E-state index contributed by atoms with van der Waals surface area (Å²) in [5.74, 6) is 0.640. The highest BCUT2D eigenvalue weighted by Gasteiger charge is 2.04. The van der Waals surface area contributed by atoms with Gasteiger partial charge in [0.2, 0.25) is 0 Å². The van der Waals surface area contributed by atoms with Crippen molar-refractivity contribution in [1.82, 2.24) is 10.2 Å². The van der Waals surface area contributed by atoms with Crippen molar-refractivity contribution in [1.29, 1.82) is 5.26 Å². The Labute approximate surface area is 116 Å². The summed E-state index contributed by atoms with van der Waals surface area (Å²) < 4.78 is 5.19. The van der Waals surface area contributed by atoms with E-state index in [0.717, 1.165) is 25.2 Å². The van der Waals surface area contributed by atoms with Crippen molar-refractivity contribution in [2.75, 3.05) is 27.2 Å². The van der Waals surface area contributed by atoms with Gasteiger partial charge in [-0.25, -0.2) is 0 Å².